The Morgan fingerprint density at radius 3 is 2.39 bits per heavy atom. The lowest BCUT2D eigenvalue weighted by Crippen LogP contribution is -2.49. The number of benzene rings is 1. The zero-order chi connectivity index (χ0) is 28.7. The molecule has 0 saturated carbocycles. The Hall–Kier alpha value is -2.36. The summed E-state index contributed by atoms with van der Waals surface area (Å²) >= 11 is 0. The first-order valence-electron chi connectivity index (χ1n) is 13.3. The molecule has 2 N–H and O–H groups in total. The molecule has 1 aliphatic rings. The van der Waals surface area contributed by atoms with Crippen molar-refractivity contribution >= 4 is 20.7 Å². The highest BCUT2D eigenvalue weighted by atomic mass is 28.4. The Morgan fingerprint density at radius 2 is 1.84 bits per heavy atom. The summed E-state index contributed by atoms with van der Waals surface area (Å²) in [4.78, 5) is 23.2. The fourth-order valence-corrected chi connectivity index (χ4v) is 5.54. The molecule has 0 spiro atoms. The molecule has 0 aromatic heterocycles. The first-order valence-corrected chi connectivity index (χ1v) is 16.2. The zero-order valence-corrected chi connectivity index (χ0v) is 25.6. The largest absolute Gasteiger partial charge is 0.479 e. The molecule has 214 valence electrons. The lowest BCUT2D eigenvalue weighted by molar-refractivity contribution is 0.0234. The number of hydrogen-bond acceptors (Lipinski definition) is 7. The van der Waals surface area contributed by atoms with Crippen LogP contribution in [0.5, 0.6) is 11.5 Å². The van der Waals surface area contributed by atoms with Gasteiger partial charge >= 0.3 is 6.09 Å². The second kappa shape index (κ2) is 13.1. The summed E-state index contributed by atoms with van der Waals surface area (Å²) in [6, 6.07) is 5.08. The maximum absolute atomic E-state index is 11.6. The summed E-state index contributed by atoms with van der Waals surface area (Å²) in [5.41, 5.74) is 6.64. The van der Waals surface area contributed by atoms with Gasteiger partial charge in [0.25, 0.3) is 0 Å². The van der Waals surface area contributed by atoms with Crippen molar-refractivity contribution in [1.82, 2.24) is 0 Å². The molecule has 1 amide bonds. The van der Waals surface area contributed by atoms with E-state index in [-0.39, 0.29) is 29.5 Å². The highest BCUT2D eigenvalue weighted by molar-refractivity contribution is 6.74. The summed E-state index contributed by atoms with van der Waals surface area (Å²) in [7, 11) is -0.583. The van der Waals surface area contributed by atoms with E-state index >= 15 is 0 Å². The molecule has 1 aromatic carbocycles. The van der Waals surface area contributed by atoms with Crippen LogP contribution in [0.1, 0.15) is 77.6 Å². The van der Waals surface area contributed by atoms with E-state index < -0.39 is 20.5 Å². The number of aldehydes is 1. The van der Waals surface area contributed by atoms with Gasteiger partial charge in [-0.1, -0.05) is 47.6 Å². The molecule has 0 bridgehead atoms. The van der Waals surface area contributed by atoms with Crippen LogP contribution in [-0.4, -0.2) is 52.9 Å². The topological polar surface area (TPSA) is 106 Å². The third-order valence-corrected chi connectivity index (χ3v) is 11.9. The first kappa shape index (κ1) is 31.9. The number of primary amides is 1. The number of hydrogen-bond donors (Lipinski definition) is 1. The summed E-state index contributed by atoms with van der Waals surface area (Å²) in [5, 5.41) is 0.0235. The molecule has 1 aliphatic carbocycles. The Kier molecular flexibility index (Phi) is 11.0. The van der Waals surface area contributed by atoms with Gasteiger partial charge in [0.1, 0.15) is 18.5 Å². The van der Waals surface area contributed by atoms with Crippen molar-refractivity contribution in [2.45, 2.75) is 104 Å². The molecule has 1 aromatic rings. The molecular formula is C29H47NO7Si. The Morgan fingerprint density at radius 1 is 1.16 bits per heavy atom. The minimum absolute atomic E-state index is 0.0235. The number of methoxy groups -OCH3 is 1. The van der Waals surface area contributed by atoms with Gasteiger partial charge in [-0.3, -0.25) is 4.79 Å². The maximum Gasteiger partial charge on any atom is 0.404 e. The van der Waals surface area contributed by atoms with Gasteiger partial charge in [-0.15, -0.1) is 0 Å². The number of carbonyl (C=O) groups excluding carboxylic acids is 2. The van der Waals surface area contributed by atoms with E-state index in [2.05, 4.69) is 39.9 Å². The summed E-state index contributed by atoms with van der Waals surface area (Å²) in [6.45, 7) is 17.2. The van der Waals surface area contributed by atoms with Gasteiger partial charge in [-0.25, -0.2) is 4.79 Å². The fourth-order valence-electron chi connectivity index (χ4n) is 4.19. The zero-order valence-electron chi connectivity index (χ0n) is 24.6. The van der Waals surface area contributed by atoms with Gasteiger partial charge in [0.05, 0.1) is 6.10 Å². The van der Waals surface area contributed by atoms with Crippen molar-refractivity contribution < 1.29 is 33.0 Å². The predicted octanol–water partition coefficient (Wildman–Crippen LogP) is 6.63. The number of carbonyl (C=O) groups is 2. The van der Waals surface area contributed by atoms with Crippen LogP contribution >= 0.6 is 0 Å². The summed E-state index contributed by atoms with van der Waals surface area (Å²) < 4.78 is 29.9. The molecule has 3 atom stereocenters. The van der Waals surface area contributed by atoms with Gasteiger partial charge in [-0.05, 0) is 73.0 Å². The molecule has 0 saturated heterocycles. The van der Waals surface area contributed by atoms with E-state index in [4.69, 9.17) is 29.1 Å². The van der Waals surface area contributed by atoms with E-state index in [0.717, 1.165) is 24.7 Å². The number of ether oxygens (including phenoxy) is 4. The first-order chi connectivity index (χ1) is 17.6. The molecule has 0 heterocycles. The summed E-state index contributed by atoms with van der Waals surface area (Å²) in [5.74, 6) is 0.937. The van der Waals surface area contributed by atoms with E-state index in [1.54, 1.807) is 25.3 Å². The molecule has 0 aliphatic heterocycles. The third-order valence-electron chi connectivity index (χ3n) is 7.42. The van der Waals surface area contributed by atoms with Crippen LogP contribution in [0.3, 0.4) is 0 Å². The van der Waals surface area contributed by atoms with E-state index in [9.17, 15) is 9.59 Å². The maximum atomic E-state index is 11.6. The van der Waals surface area contributed by atoms with Crippen molar-refractivity contribution in [3.8, 4) is 11.5 Å². The van der Waals surface area contributed by atoms with E-state index in [1.165, 1.54) is 0 Å². The Balaban J connectivity index is 2.45. The number of nitrogens with two attached hydrogens (primary N) is 1. The average molecular weight is 550 g/mol. The molecule has 0 fully saturated rings. The van der Waals surface area contributed by atoms with Crippen LogP contribution in [0.25, 0.3) is 0 Å². The van der Waals surface area contributed by atoms with Gasteiger partial charge < -0.3 is 29.1 Å². The van der Waals surface area contributed by atoms with Crippen LogP contribution in [0.15, 0.2) is 29.8 Å². The smallest absolute Gasteiger partial charge is 0.404 e. The second-order valence-corrected chi connectivity index (χ2v) is 17.3. The minimum atomic E-state index is -2.13. The Bertz CT molecular complexity index is 978. The highest BCUT2D eigenvalue weighted by Crippen LogP contribution is 2.41. The van der Waals surface area contributed by atoms with Gasteiger partial charge in [0, 0.05) is 12.7 Å². The lowest BCUT2D eigenvalue weighted by atomic mass is 9.83. The van der Waals surface area contributed by atoms with Crippen LogP contribution < -0.4 is 15.2 Å². The quantitative estimate of drug-likeness (QED) is 0.135. The van der Waals surface area contributed by atoms with Crippen LogP contribution in [0.2, 0.25) is 18.1 Å². The SMILES string of the molecule is COCOc1ccc(C=O)cc1O[C@H]1C(CCC(OC(N)=O)C(C)(C)C)=CCC[C@@H]1O[Si](C)(C)C(C)(C)C. The van der Waals surface area contributed by atoms with E-state index in [1.807, 2.05) is 20.8 Å². The minimum Gasteiger partial charge on any atom is -0.479 e. The summed E-state index contributed by atoms with van der Waals surface area (Å²) in [6.07, 6.45) is 4.14. The number of allylic oxidation sites excluding steroid dienone is 1. The molecule has 38 heavy (non-hydrogen) atoms. The molecule has 1 unspecified atom stereocenters. The van der Waals surface area contributed by atoms with Gasteiger partial charge in [0.15, 0.2) is 26.6 Å². The van der Waals surface area contributed by atoms with Crippen molar-refractivity contribution in [3.63, 3.8) is 0 Å². The molecular weight excluding hydrogens is 502 g/mol. The monoisotopic (exact) mass is 549 g/mol. The fraction of sp³-hybridized carbons (Fsp3) is 0.655. The van der Waals surface area contributed by atoms with Crippen LogP contribution in [0.4, 0.5) is 4.79 Å². The lowest BCUT2D eigenvalue weighted by Gasteiger charge is -2.43. The van der Waals surface area contributed by atoms with E-state index in [0.29, 0.717) is 29.9 Å². The number of amides is 1. The highest BCUT2D eigenvalue weighted by Gasteiger charge is 2.43. The normalized spacial score (nSPS) is 19.3. The average Bonchev–Trinajstić information content (AvgIpc) is 2.80. The predicted molar refractivity (Wildman–Crippen MR) is 151 cm³/mol. The van der Waals surface area contributed by atoms with Crippen molar-refractivity contribution in [2.75, 3.05) is 13.9 Å². The van der Waals surface area contributed by atoms with Crippen molar-refractivity contribution in [3.05, 3.63) is 35.4 Å². The third kappa shape index (κ3) is 8.85. The van der Waals surface area contributed by atoms with Crippen LogP contribution in [-0.2, 0) is 13.9 Å². The molecule has 0 radical (unpaired) electrons. The second-order valence-electron chi connectivity index (χ2n) is 12.5. The van der Waals surface area contributed by atoms with Gasteiger partial charge in [-0.2, -0.15) is 0 Å². The standard InChI is InChI=1S/C29H47NO7Si/c1-28(2,3)25(36-27(30)32)16-14-21-11-10-12-23(37-38(8,9)29(4,5)6)26(21)35-24-17-20(18-31)13-15-22(24)34-19-33-7/h11,13,15,17-18,23,25-26H,10,12,14,16,19H2,1-9H3,(H2,30,32)/t23-,25?,26-/m0/s1. The number of rotatable bonds is 12. The molecule has 9 heteroatoms. The Labute approximate surface area is 229 Å². The molecule has 8 nitrogen and oxygen atoms in total. The van der Waals surface area contributed by atoms with Crippen molar-refractivity contribution in [2.24, 2.45) is 11.1 Å². The van der Waals surface area contributed by atoms with Crippen molar-refractivity contribution in [1.29, 1.82) is 0 Å². The molecule has 2 rings (SSSR count). The van der Waals surface area contributed by atoms with Crippen LogP contribution in [0, 0.1) is 5.41 Å². The van der Waals surface area contributed by atoms with Gasteiger partial charge in [0.2, 0.25) is 0 Å².